The minimum Gasteiger partial charge on any atom is -0.395 e. The maximum absolute atomic E-state index is 12.2. The number of aryl methyl sites for hydroxylation is 1. The quantitative estimate of drug-likeness (QED) is 0.722. The molecule has 3 heterocycles. The highest BCUT2D eigenvalue weighted by atomic mass is 16.3. The van der Waals surface area contributed by atoms with Gasteiger partial charge in [0, 0.05) is 25.5 Å². The highest BCUT2D eigenvalue weighted by Gasteiger charge is 2.23. The van der Waals surface area contributed by atoms with Gasteiger partial charge >= 0.3 is 0 Å². The molecule has 3 N–H and O–H groups in total. The summed E-state index contributed by atoms with van der Waals surface area (Å²) in [5, 5.41) is 19.4. The van der Waals surface area contributed by atoms with Crippen molar-refractivity contribution in [3.63, 3.8) is 0 Å². The molecule has 0 bridgehead atoms. The third-order valence-corrected chi connectivity index (χ3v) is 4.39. The molecule has 134 valence electrons. The average Bonchev–Trinajstić information content (AvgIpc) is 3.19. The van der Waals surface area contributed by atoms with Crippen molar-refractivity contribution in [3.8, 4) is 0 Å². The lowest BCUT2D eigenvalue weighted by Crippen LogP contribution is -2.27. The number of pyridine rings is 1. The van der Waals surface area contributed by atoms with Gasteiger partial charge in [-0.25, -0.2) is 0 Å². The van der Waals surface area contributed by atoms with Crippen molar-refractivity contribution in [2.45, 2.75) is 19.4 Å². The van der Waals surface area contributed by atoms with E-state index in [9.17, 15) is 4.79 Å². The van der Waals surface area contributed by atoms with Crippen LogP contribution in [0, 0.1) is 6.92 Å². The van der Waals surface area contributed by atoms with Crippen LogP contribution in [0.4, 0.5) is 11.4 Å². The van der Waals surface area contributed by atoms with E-state index in [1.165, 1.54) is 0 Å². The monoisotopic (exact) mass is 344 g/mol. The summed E-state index contributed by atoms with van der Waals surface area (Å²) in [5.41, 5.74) is 2.83. The van der Waals surface area contributed by atoms with Crippen LogP contribution < -0.4 is 10.6 Å². The number of rotatable bonds is 6. The fourth-order valence-electron chi connectivity index (χ4n) is 3.02. The molecule has 1 fully saturated rings. The molecule has 8 heteroatoms. The molecule has 3 rings (SSSR count). The molecule has 8 nitrogen and oxygen atoms in total. The second-order valence-electron chi connectivity index (χ2n) is 6.34. The molecule has 1 atom stereocenters. The van der Waals surface area contributed by atoms with Crippen molar-refractivity contribution in [2.75, 3.05) is 38.6 Å². The summed E-state index contributed by atoms with van der Waals surface area (Å²) in [6.45, 7) is 4.12. The van der Waals surface area contributed by atoms with Gasteiger partial charge in [0.1, 0.15) is 0 Å². The van der Waals surface area contributed by atoms with Crippen LogP contribution in [0.3, 0.4) is 0 Å². The van der Waals surface area contributed by atoms with Crippen LogP contribution in [0.15, 0.2) is 24.7 Å². The Labute approximate surface area is 146 Å². The molecule has 0 spiro atoms. The van der Waals surface area contributed by atoms with Gasteiger partial charge in [0.15, 0.2) is 0 Å². The number of nitrogens with zero attached hydrogens (tertiary/aromatic N) is 4. The number of carbonyl (C=O) groups excluding carboxylic acids is 1. The van der Waals surface area contributed by atoms with Crippen molar-refractivity contribution in [3.05, 3.63) is 35.9 Å². The van der Waals surface area contributed by atoms with Crippen LogP contribution in [-0.2, 0) is 0 Å². The van der Waals surface area contributed by atoms with Crippen molar-refractivity contribution < 1.29 is 9.90 Å². The number of carbonyl (C=O) groups is 1. The van der Waals surface area contributed by atoms with E-state index in [1.54, 1.807) is 18.5 Å². The van der Waals surface area contributed by atoms with Gasteiger partial charge in [0.05, 0.1) is 41.5 Å². The summed E-state index contributed by atoms with van der Waals surface area (Å²) in [7, 11) is 2.11. The smallest absolute Gasteiger partial charge is 0.253 e. The molecular formula is C17H24N6O2. The number of likely N-dealkylation sites (N-methyl/N-ethyl adjacent to an activating group) is 1. The minimum absolute atomic E-state index is 0.0959. The lowest BCUT2D eigenvalue weighted by atomic mass is 10.2. The Morgan fingerprint density at radius 1 is 1.44 bits per heavy atom. The van der Waals surface area contributed by atoms with E-state index >= 15 is 0 Å². The van der Waals surface area contributed by atoms with Crippen LogP contribution in [0.5, 0.6) is 0 Å². The Bertz CT molecular complexity index is 744. The second-order valence-corrected chi connectivity index (χ2v) is 6.34. The molecule has 25 heavy (non-hydrogen) atoms. The lowest BCUT2D eigenvalue weighted by molar-refractivity contribution is 0.0945. The first kappa shape index (κ1) is 17.4. The third kappa shape index (κ3) is 3.97. The molecule has 0 radical (unpaired) electrons. The Kier molecular flexibility index (Phi) is 5.30. The fraction of sp³-hybridized carbons (Fsp3) is 0.471. The summed E-state index contributed by atoms with van der Waals surface area (Å²) in [5.74, 6) is -0.249. The summed E-state index contributed by atoms with van der Waals surface area (Å²) in [6.07, 6.45) is 6.26. The summed E-state index contributed by atoms with van der Waals surface area (Å²) in [4.78, 5) is 18.6. The number of aliphatic hydroxyl groups is 1. The SMILES string of the molecule is Cc1nn(C2CCN(C)C2)cc1Nc1cnccc1C(=O)NCCO. The van der Waals surface area contributed by atoms with Crippen molar-refractivity contribution in [1.82, 2.24) is 25.0 Å². The zero-order valence-corrected chi connectivity index (χ0v) is 14.6. The molecule has 0 aromatic carbocycles. The highest BCUT2D eigenvalue weighted by Crippen LogP contribution is 2.26. The topological polar surface area (TPSA) is 95.3 Å². The van der Waals surface area contributed by atoms with Crippen LogP contribution in [-0.4, -0.2) is 64.0 Å². The first-order chi connectivity index (χ1) is 12.1. The van der Waals surface area contributed by atoms with E-state index in [0.717, 1.165) is 30.9 Å². The predicted octanol–water partition coefficient (Wildman–Crippen LogP) is 0.929. The van der Waals surface area contributed by atoms with E-state index in [4.69, 9.17) is 5.11 Å². The Balaban J connectivity index is 1.79. The third-order valence-electron chi connectivity index (χ3n) is 4.39. The molecule has 1 saturated heterocycles. The largest absolute Gasteiger partial charge is 0.395 e. The first-order valence-corrected chi connectivity index (χ1v) is 8.43. The van der Waals surface area contributed by atoms with Crippen molar-refractivity contribution in [2.24, 2.45) is 0 Å². The van der Waals surface area contributed by atoms with Crippen LogP contribution >= 0.6 is 0 Å². The Hall–Kier alpha value is -2.45. The normalized spacial score (nSPS) is 17.6. The van der Waals surface area contributed by atoms with E-state index in [2.05, 4.69) is 32.7 Å². The average molecular weight is 344 g/mol. The van der Waals surface area contributed by atoms with Gasteiger partial charge in [-0.05, 0) is 33.0 Å². The maximum Gasteiger partial charge on any atom is 0.253 e. The molecule has 1 unspecified atom stereocenters. The Morgan fingerprint density at radius 2 is 2.28 bits per heavy atom. The highest BCUT2D eigenvalue weighted by molar-refractivity contribution is 6.00. The molecule has 0 aliphatic carbocycles. The molecule has 1 aliphatic rings. The number of nitrogens with one attached hydrogen (secondary N) is 2. The molecule has 1 amide bonds. The van der Waals surface area contributed by atoms with Gasteiger partial charge in [-0.2, -0.15) is 5.10 Å². The van der Waals surface area contributed by atoms with Gasteiger partial charge in [-0.3, -0.25) is 14.5 Å². The molecular weight excluding hydrogens is 320 g/mol. The standard InChI is InChI=1S/C17H24N6O2/c1-12-16(11-23(21-12)13-4-7-22(2)10-13)20-15-9-18-5-3-14(15)17(25)19-6-8-24/h3,5,9,11,13,20,24H,4,6-8,10H2,1-2H3,(H,19,25). The second kappa shape index (κ2) is 7.62. The van der Waals surface area contributed by atoms with Crippen molar-refractivity contribution in [1.29, 1.82) is 0 Å². The fourth-order valence-corrected chi connectivity index (χ4v) is 3.02. The van der Waals surface area contributed by atoms with Gasteiger partial charge in [0.2, 0.25) is 0 Å². The zero-order valence-electron chi connectivity index (χ0n) is 14.6. The number of hydrogen-bond acceptors (Lipinski definition) is 6. The Morgan fingerprint density at radius 3 is 3.00 bits per heavy atom. The summed E-state index contributed by atoms with van der Waals surface area (Å²) >= 11 is 0. The molecule has 2 aromatic rings. The minimum atomic E-state index is -0.249. The van der Waals surface area contributed by atoms with E-state index in [0.29, 0.717) is 17.3 Å². The summed E-state index contributed by atoms with van der Waals surface area (Å²) < 4.78 is 2.00. The molecule has 0 saturated carbocycles. The van der Waals surface area contributed by atoms with E-state index in [1.807, 2.05) is 17.8 Å². The molecule has 2 aromatic heterocycles. The number of likely N-dealkylation sites (tertiary alicyclic amines) is 1. The molecule has 1 aliphatic heterocycles. The number of anilines is 2. The number of aromatic nitrogens is 3. The number of amides is 1. The van der Waals surface area contributed by atoms with Gasteiger partial charge in [0.25, 0.3) is 5.91 Å². The predicted molar refractivity (Wildman–Crippen MR) is 95.1 cm³/mol. The van der Waals surface area contributed by atoms with E-state index in [-0.39, 0.29) is 19.1 Å². The number of aliphatic hydroxyl groups excluding tert-OH is 1. The van der Waals surface area contributed by atoms with Crippen LogP contribution in [0.2, 0.25) is 0 Å². The van der Waals surface area contributed by atoms with Crippen LogP contribution in [0.1, 0.15) is 28.5 Å². The van der Waals surface area contributed by atoms with Gasteiger partial charge in [-0.15, -0.1) is 0 Å². The zero-order chi connectivity index (χ0) is 17.8. The van der Waals surface area contributed by atoms with Gasteiger partial charge in [-0.1, -0.05) is 0 Å². The first-order valence-electron chi connectivity index (χ1n) is 8.43. The summed E-state index contributed by atoms with van der Waals surface area (Å²) in [6, 6.07) is 2.03. The van der Waals surface area contributed by atoms with Crippen molar-refractivity contribution >= 4 is 17.3 Å². The van der Waals surface area contributed by atoms with Crippen LogP contribution in [0.25, 0.3) is 0 Å². The number of hydrogen-bond donors (Lipinski definition) is 3. The van der Waals surface area contributed by atoms with Gasteiger partial charge < -0.3 is 20.6 Å². The van der Waals surface area contributed by atoms with E-state index < -0.39 is 0 Å². The maximum atomic E-state index is 12.2. The lowest BCUT2D eigenvalue weighted by Gasteiger charge is -2.11.